The second-order valence-electron chi connectivity index (χ2n) is 5.51. The van der Waals surface area contributed by atoms with Crippen molar-refractivity contribution in [3.05, 3.63) is 35.9 Å². The summed E-state index contributed by atoms with van der Waals surface area (Å²) in [5.41, 5.74) is 1.81. The highest BCUT2D eigenvalue weighted by atomic mass is 14.9. The Morgan fingerprint density at radius 2 is 2.00 bits per heavy atom. The van der Waals surface area contributed by atoms with E-state index in [1.54, 1.807) is 0 Å². The molecule has 0 heterocycles. The topological polar surface area (TPSA) is 12.0 Å². The summed E-state index contributed by atoms with van der Waals surface area (Å²) in [6.45, 7) is 5.25. The fourth-order valence-electron chi connectivity index (χ4n) is 3.15. The van der Waals surface area contributed by atoms with Gasteiger partial charge < -0.3 is 5.32 Å². The molecular weight excluding hydrogens is 230 g/mol. The van der Waals surface area contributed by atoms with Crippen molar-refractivity contribution in [3.63, 3.8) is 0 Å². The number of rotatable bonds is 6. The average Bonchev–Trinajstić information content (AvgIpc) is 2.41. The lowest BCUT2D eigenvalue weighted by Gasteiger charge is -2.48. The Bertz CT molecular complexity index is 434. The van der Waals surface area contributed by atoms with Gasteiger partial charge in [0.2, 0.25) is 0 Å². The van der Waals surface area contributed by atoms with Gasteiger partial charge in [-0.1, -0.05) is 43.7 Å². The third kappa shape index (κ3) is 3.01. The molecule has 0 saturated heterocycles. The number of hydrogen-bond donors (Lipinski definition) is 1. The maximum Gasteiger partial charge on any atom is 0.0273 e. The fourth-order valence-corrected chi connectivity index (χ4v) is 3.15. The van der Waals surface area contributed by atoms with Gasteiger partial charge in [-0.2, -0.15) is 0 Å². The molecule has 1 atom stereocenters. The molecule has 1 N–H and O–H groups in total. The molecule has 1 aliphatic carbocycles. The van der Waals surface area contributed by atoms with E-state index in [9.17, 15) is 0 Å². The molecule has 19 heavy (non-hydrogen) atoms. The van der Waals surface area contributed by atoms with Crippen LogP contribution in [0, 0.1) is 11.8 Å². The lowest BCUT2D eigenvalue weighted by molar-refractivity contribution is 0.171. The number of benzene rings is 1. The summed E-state index contributed by atoms with van der Waals surface area (Å²) in [4.78, 5) is 0. The molecule has 1 nitrogen and oxygen atoms in total. The first-order valence-corrected chi connectivity index (χ1v) is 7.52. The molecule has 1 unspecified atom stereocenters. The minimum Gasteiger partial charge on any atom is -0.312 e. The van der Waals surface area contributed by atoms with Crippen LogP contribution in [0.1, 0.15) is 51.5 Å². The van der Waals surface area contributed by atoms with Crippen LogP contribution < -0.4 is 5.32 Å². The Balaban J connectivity index is 2.22. The van der Waals surface area contributed by atoms with Crippen LogP contribution in [0.15, 0.2) is 30.3 Å². The zero-order valence-electron chi connectivity index (χ0n) is 12.2. The molecule has 0 aromatic heterocycles. The summed E-state index contributed by atoms with van der Waals surface area (Å²) >= 11 is 0. The molecule has 102 valence electrons. The van der Waals surface area contributed by atoms with Crippen LogP contribution in [0.4, 0.5) is 0 Å². The molecule has 0 radical (unpaired) electrons. The van der Waals surface area contributed by atoms with Crippen molar-refractivity contribution in [1.29, 1.82) is 0 Å². The Labute approximate surface area is 117 Å². The van der Waals surface area contributed by atoms with Crippen molar-refractivity contribution in [1.82, 2.24) is 5.32 Å². The van der Waals surface area contributed by atoms with E-state index in [0.717, 1.165) is 13.0 Å². The molecule has 2 rings (SSSR count). The van der Waals surface area contributed by atoms with E-state index in [2.05, 4.69) is 54.4 Å². The zero-order valence-corrected chi connectivity index (χ0v) is 12.2. The Hall–Kier alpha value is -1.26. The molecule has 1 fully saturated rings. The van der Waals surface area contributed by atoms with E-state index in [1.807, 2.05) is 6.92 Å². The van der Waals surface area contributed by atoms with Gasteiger partial charge in [-0.25, -0.2) is 0 Å². The van der Waals surface area contributed by atoms with E-state index in [-0.39, 0.29) is 0 Å². The fraction of sp³-hybridized carbons (Fsp3) is 0.556. The van der Waals surface area contributed by atoms with Crippen molar-refractivity contribution in [2.75, 3.05) is 6.54 Å². The van der Waals surface area contributed by atoms with Crippen LogP contribution in [0.25, 0.3) is 0 Å². The smallest absolute Gasteiger partial charge is 0.0273 e. The first-order valence-electron chi connectivity index (χ1n) is 7.52. The van der Waals surface area contributed by atoms with Gasteiger partial charge >= 0.3 is 0 Å². The lowest BCUT2D eigenvalue weighted by Crippen LogP contribution is -2.52. The summed E-state index contributed by atoms with van der Waals surface area (Å²) in [5, 5.41) is 3.74. The van der Waals surface area contributed by atoms with Gasteiger partial charge in [0.15, 0.2) is 0 Å². The number of hydrogen-bond acceptors (Lipinski definition) is 1. The molecule has 1 heteroatoms. The van der Waals surface area contributed by atoms with Crippen LogP contribution in [0.5, 0.6) is 0 Å². The Morgan fingerprint density at radius 3 is 2.53 bits per heavy atom. The molecule has 1 saturated carbocycles. The monoisotopic (exact) mass is 255 g/mol. The first kappa shape index (κ1) is 14.2. The van der Waals surface area contributed by atoms with E-state index in [1.165, 1.54) is 31.2 Å². The SMILES string of the molecule is CC#CCC(NCCC)C1(c2ccccc2)CCC1. The second-order valence-corrected chi connectivity index (χ2v) is 5.51. The predicted molar refractivity (Wildman–Crippen MR) is 82.1 cm³/mol. The molecule has 0 bridgehead atoms. The van der Waals surface area contributed by atoms with Gasteiger partial charge in [-0.05, 0) is 38.3 Å². The quantitative estimate of drug-likeness (QED) is 0.760. The molecular formula is C18H25N. The highest BCUT2D eigenvalue weighted by Crippen LogP contribution is 2.47. The minimum absolute atomic E-state index is 0.320. The standard InChI is InChI=1S/C18H25N/c1-3-5-12-17(19-15-4-2)18(13-9-14-18)16-10-7-6-8-11-16/h6-8,10-11,17,19H,4,9,12-15H2,1-2H3. The normalized spacial score (nSPS) is 18.0. The molecule has 1 aromatic rings. The van der Waals surface area contributed by atoms with E-state index < -0.39 is 0 Å². The lowest BCUT2D eigenvalue weighted by atomic mass is 9.59. The van der Waals surface area contributed by atoms with Gasteiger partial charge in [0.1, 0.15) is 0 Å². The van der Waals surface area contributed by atoms with Gasteiger partial charge in [-0.15, -0.1) is 11.8 Å². The van der Waals surface area contributed by atoms with E-state index in [0.29, 0.717) is 11.5 Å². The first-order chi connectivity index (χ1) is 9.33. The third-order valence-electron chi connectivity index (χ3n) is 4.39. The highest BCUT2D eigenvalue weighted by molar-refractivity contribution is 5.31. The van der Waals surface area contributed by atoms with Gasteiger partial charge in [0.05, 0.1) is 0 Å². The molecule has 0 amide bonds. The predicted octanol–water partition coefficient (Wildman–Crippen LogP) is 3.89. The maximum absolute atomic E-state index is 3.74. The molecule has 0 spiro atoms. The van der Waals surface area contributed by atoms with E-state index in [4.69, 9.17) is 0 Å². The summed E-state index contributed by atoms with van der Waals surface area (Å²) in [6.07, 6.45) is 6.08. The van der Waals surface area contributed by atoms with Crippen molar-refractivity contribution >= 4 is 0 Å². The highest BCUT2D eigenvalue weighted by Gasteiger charge is 2.44. The average molecular weight is 255 g/mol. The molecule has 0 aliphatic heterocycles. The van der Waals surface area contributed by atoms with Gasteiger partial charge in [0, 0.05) is 17.9 Å². The molecule has 1 aliphatic rings. The summed E-state index contributed by atoms with van der Waals surface area (Å²) in [5.74, 6) is 6.34. The van der Waals surface area contributed by atoms with Gasteiger partial charge in [0.25, 0.3) is 0 Å². The van der Waals surface area contributed by atoms with Crippen molar-refractivity contribution in [2.45, 2.75) is 57.4 Å². The van der Waals surface area contributed by atoms with Crippen molar-refractivity contribution in [2.24, 2.45) is 0 Å². The summed E-state index contributed by atoms with van der Waals surface area (Å²) in [7, 11) is 0. The maximum atomic E-state index is 3.74. The van der Waals surface area contributed by atoms with Crippen LogP contribution in [0.3, 0.4) is 0 Å². The largest absolute Gasteiger partial charge is 0.312 e. The van der Waals surface area contributed by atoms with Crippen molar-refractivity contribution < 1.29 is 0 Å². The van der Waals surface area contributed by atoms with Gasteiger partial charge in [-0.3, -0.25) is 0 Å². The van der Waals surface area contributed by atoms with Crippen LogP contribution >= 0.6 is 0 Å². The zero-order chi connectivity index (χ0) is 13.6. The summed E-state index contributed by atoms with van der Waals surface area (Å²) in [6, 6.07) is 11.5. The van der Waals surface area contributed by atoms with Crippen molar-refractivity contribution in [3.8, 4) is 11.8 Å². The Kier molecular flexibility index (Phi) is 5.05. The minimum atomic E-state index is 0.320. The third-order valence-corrected chi connectivity index (χ3v) is 4.39. The summed E-state index contributed by atoms with van der Waals surface area (Å²) < 4.78 is 0. The van der Waals surface area contributed by atoms with Crippen LogP contribution in [0.2, 0.25) is 0 Å². The van der Waals surface area contributed by atoms with E-state index >= 15 is 0 Å². The van der Waals surface area contributed by atoms with Crippen LogP contribution in [-0.2, 0) is 5.41 Å². The second kappa shape index (κ2) is 6.78. The number of nitrogens with one attached hydrogen (secondary N) is 1. The molecule has 1 aromatic carbocycles. The Morgan fingerprint density at radius 1 is 1.26 bits per heavy atom. The van der Waals surface area contributed by atoms with Crippen LogP contribution in [-0.4, -0.2) is 12.6 Å².